The van der Waals surface area contributed by atoms with E-state index >= 15 is 0 Å². The number of aromatic amines is 1. The molecule has 7 heteroatoms. The van der Waals surface area contributed by atoms with Gasteiger partial charge in [-0.3, -0.25) is 0 Å². The van der Waals surface area contributed by atoms with Crippen molar-refractivity contribution in [2.45, 2.75) is 13.8 Å². The Labute approximate surface area is 166 Å². The number of nitrogens with one attached hydrogen (secondary N) is 1. The van der Waals surface area contributed by atoms with Crippen LogP contribution < -0.4 is 0 Å². The fraction of sp³-hybridized carbons (Fsp3) is 0.100. The molecular weight excluding hydrogens is 378 g/mol. The van der Waals surface area contributed by atoms with Crippen LogP contribution >= 0.6 is 23.8 Å². The Bertz CT molecular complexity index is 1240. The summed E-state index contributed by atoms with van der Waals surface area (Å²) in [7, 11) is 0. The highest BCUT2D eigenvalue weighted by Gasteiger charge is 2.10. The van der Waals surface area contributed by atoms with Crippen LogP contribution in [0.25, 0.3) is 22.3 Å². The molecule has 1 N–H and O–H groups in total. The van der Waals surface area contributed by atoms with E-state index in [4.69, 9.17) is 23.8 Å². The lowest BCUT2D eigenvalue weighted by molar-refractivity contribution is 0.870. The quantitative estimate of drug-likeness (QED) is 0.291. The molecule has 0 aliphatic rings. The number of hydrogen-bond donors (Lipinski definition) is 1. The molecule has 0 fully saturated rings. The third-order valence-electron chi connectivity index (χ3n) is 4.30. The molecule has 4 rings (SSSR count). The second-order valence-corrected chi connectivity index (χ2v) is 7.03. The number of pyridine rings is 1. The zero-order chi connectivity index (χ0) is 19.0. The molecule has 0 bridgehead atoms. The minimum Gasteiger partial charge on any atom is -0.250 e. The first-order chi connectivity index (χ1) is 13.0. The number of H-pyrrole nitrogens is 1. The standard InChI is InChI=1S/C20H16ClN5S/c1-12-7-8-14-10-15(18(21)23-17(14)9-12)11-22-26-19(24-25-20(26)27)16-6-4-3-5-13(16)2/h3-11H,1-2H3,(H,25,27)/b22-11-. The van der Waals surface area contributed by atoms with Gasteiger partial charge in [0.05, 0.1) is 11.7 Å². The molecular formula is C20H16ClN5S. The van der Waals surface area contributed by atoms with E-state index in [1.165, 1.54) is 0 Å². The second-order valence-electron chi connectivity index (χ2n) is 6.29. The van der Waals surface area contributed by atoms with Crippen molar-refractivity contribution in [3.63, 3.8) is 0 Å². The molecule has 4 aromatic rings. The summed E-state index contributed by atoms with van der Waals surface area (Å²) < 4.78 is 2.00. The van der Waals surface area contributed by atoms with Crippen LogP contribution in [0, 0.1) is 18.6 Å². The molecule has 2 aromatic heterocycles. The fourth-order valence-corrected chi connectivity index (χ4v) is 3.25. The maximum atomic E-state index is 6.36. The Morgan fingerprint density at radius 2 is 1.96 bits per heavy atom. The molecule has 0 aliphatic heterocycles. The third-order valence-corrected chi connectivity index (χ3v) is 4.87. The monoisotopic (exact) mass is 393 g/mol. The van der Waals surface area contributed by atoms with Gasteiger partial charge in [0.25, 0.3) is 0 Å². The summed E-state index contributed by atoms with van der Waals surface area (Å²) in [6, 6.07) is 16.0. The molecule has 27 heavy (non-hydrogen) atoms. The van der Waals surface area contributed by atoms with Crippen molar-refractivity contribution in [2.75, 3.05) is 0 Å². The van der Waals surface area contributed by atoms with Gasteiger partial charge in [0, 0.05) is 16.5 Å². The number of rotatable bonds is 3. The predicted octanol–water partition coefficient (Wildman–Crippen LogP) is 5.31. The highest BCUT2D eigenvalue weighted by Crippen LogP contribution is 2.23. The normalized spacial score (nSPS) is 11.5. The molecule has 5 nitrogen and oxygen atoms in total. The highest BCUT2D eigenvalue weighted by molar-refractivity contribution is 7.71. The van der Waals surface area contributed by atoms with Gasteiger partial charge in [0.15, 0.2) is 5.82 Å². The number of fused-ring (bicyclic) bond motifs is 1. The number of benzene rings is 2. The van der Waals surface area contributed by atoms with E-state index in [2.05, 4.69) is 20.3 Å². The fourth-order valence-electron chi connectivity index (χ4n) is 2.88. The smallest absolute Gasteiger partial charge is 0.216 e. The minimum absolute atomic E-state index is 0.393. The zero-order valence-electron chi connectivity index (χ0n) is 14.8. The average molecular weight is 394 g/mol. The molecule has 0 aliphatic carbocycles. The Kier molecular flexibility index (Phi) is 4.59. The summed E-state index contributed by atoms with van der Waals surface area (Å²) in [5, 5.41) is 13.0. The van der Waals surface area contributed by atoms with Crippen molar-refractivity contribution < 1.29 is 0 Å². The SMILES string of the molecule is Cc1ccc2cc(/C=N\n3c(-c4ccccc4C)n[nH]c3=S)c(Cl)nc2c1. The van der Waals surface area contributed by atoms with Crippen LogP contribution in [0.15, 0.2) is 53.6 Å². The van der Waals surface area contributed by atoms with Gasteiger partial charge in [-0.1, -0.05) is 48.0 Å². The van der Waals surface area contributed by atoms with Crippen molar-refractivity contribution in [1.29, 1.82) is 0 Å². The van der Waals surface area contributed by atoms with E-state index in [9.17, 15) is 0 Å². The van der Waals surface area contributed by atoms with Crippen molar-refractivity contribution in [3.05, 3.63) is 75.1 Å². The van der Waals surface area contributed by atoms with Crippen molar-refractivity contribution >= 4 is 40.9 Å². The van der Waals surface area contributed by atoms with Crippen LogP contribution in [0.3, 0.4) is 0 Å². The minimum atomic E-state index is 0.393. The van der Waals surface area contributed by atoms with E-state index in [0.717, 1.165) is 27.6 Å². The molecule has 0 amide bonds. The molecule has 2 heterocycles. The van der Waals surface area contributed by atoms with Gasteiger partial charge in [-0.25, -0.2) is 10.1 Å². The van der Waals surface area contributed by atoms with Gasteiger partial charge < -0.3 is 0 Å². The average Bonchev–Trinajstić information content (AvgIpc) is 3.01. The van der Waals surface area contributed by atoms with Crippen LogP contribution in [0.4, 0.5) is 0 Å². The zero-order valence-corrected chi connectivity index (χ0v) is 16.3. The first-order valence-electron chi connectivity index (χ1n) is 8.37. The molecule has 134 valence electrons. The molecule has 2 aromatic carbocycles. The summed E-state index contributed by atoms with van der Waals surface area (Å²) in [6.45, 7) is 4.05. The van der Waals surface area contributed by atoms with E-state index in [1.807, 2.05) is 62.4 Å². The topological polar surface area (TPSA) is 58.9 Å². The summed E-state index contributed by atoms with van der Waals surface area (Å²) >= 11 is 11.7. The van der Waals surface area contributed by atoms with Gasteiger partial charge in [-0.2, -0.15) is 14.9 Å². The Hall–Kier alpha value is -2.83. The molecule has 0 saturated heterocycles. The van der Waals surface area contributed by atoms with E-state index in [1.54, 1.807) is 10.9 Å². The first-order valence-corrected chi connectivity index (χ1v) is 9.16. The number of aromatic nitrogens is 4. The summed E-state index contributed by atoms with van der Waals surface area (Å²) in [4.78, 5) is 4.47. The second kappa shape index (κ2) is 7.06. The maximum Gasteiger partial charge on any atom is 0.216 e. The molecule has 0 spiro atoms. The van der Waals surface area contributed by atoms with Crippen molar-refractivity contribution in [1.82, 2.24) is 19.9 Å². The van der Waals surface area contributed by atoms with Gasteiger partial charge in [-0.05, 0) is 49.3 Å². The van der Waals surface area contributed by atoms with Crippen molar-refractivity contribution in [3.8, 4) is 11.4 Å². The van der Waals surface area contributed by atoms with Gasteiger partial charge >= 0.3 is 0 Å². The highest BCUT2D eigenvalue weighted by atomic mass is 35.5. The lowest BCUT2D eigenvalue weighted by Gasteiger charge is -2.05. The Morgan fingerprint density at radius 3 is 2.78 bits per heavy atom. The summed E-state index contributed by atoms with van der Waals surface area (Å²) in [5.74, 6) is 0.648. The lowest BCUT2D eigenvalue weighted by Crippen LogP contribution is -1.97. The lowest BCUT2D eigenvalue weighted by atomic mass is 10.1. The van der Waals surface area contributed by atoms with Crippen LogP contribution in [0.1, 0.15) is 16.7 Å². The van der Waals surface area contributed by atoms with Crippen LogP contribution in [-0.2, 0) is 0 Å². The molecule has 0 atom stereocenters. The van der Waals surface area contributed by atoms with E-state index < -0.39 is 0 Å². The number of aryl methyl sites for hydroxylation is 2. The summed E-state index contributed by atoms with van der Waals surface area (Å²) in [5.41, 5.74) is 4.76. The number of halogens is 1. The Morgan fingerprint density at radius 1 is 1.15 bits per heavy atom. The van der Waals surface area contributed by atoms with Crippen LogP contribution in [-0.4, -0.2) is 26.1 Å². The maximum absolute atomic E-state index is 6.36. The number of hydrogen-bond acceptors (Lipinski definition) is 4. The first kappa shape index (κ1) is 17.6. The predicted molar refractivity (Wildman–Crippen MR) is 112 cm³/mol. The van der Waals surface area contributed by atoms with Gasteiger partial charge in [0.1, 0.15) is 5.15 Å². The number of nitrogens with zero attached hydrogens (tertiary/aromatic N) is 4. The van der Waals surface area contributed by atoms with Crippen LogP contribution in [0.2, 0.25) is 5.15 Å². The van der Waals surface area contributed by atoms with Crippen LogP contribution in [0.5, 0.6) is 0 Å². The molecule has 0 saturated carbocycles. The largest absolute Gasteiger partial charge is 0.250 e. The molecule has 0 radical (unpaired) electrons. The third kappa shape index (κ3) is 3.41. The van der Waals surface area contributed by atoms with E-state index in [0.29, 0.717) is 21.3 Å². The van der Waals surface area contributed by atoms with Crippen molar-refractivity contribution in [2.24, 2.45) is 5.10 Å². The summed E-state index contributed by atoms with van der Waals surface area (Å²) in [6.07, 6.45) is 1.65. The Balaban J connectivity index is 1.78. The van der Waals surface area contributed by atoms with Gasteiger partial charge in [0.2, 0.25) is 4.77 Å². The van der Waals surface area contributed by atoms with E-state index in [-0.39, 0.29) is 0 Å². The molecule has 0 unspecified atom stereocenters. The van der Waals surface area contributed by atoms with Gasteiger partial charge in [-0.15, -0.1) is 0 Å².